The molecule has 1 N–H and O–H groups in total. The minimum absolute atomic E-state index is 0.387. The van der Waals surface area contributed by atoms with Crippen molar-refractivity contribution >= 4 is 23.7 Å². The van der Waals surface area contributed by atoms with Gasteiger partial charge in [0.2, 0.25) is 6.29 Å². The summed E-state index contributed by atoms with van der Waals surface area (Å²) in [6.45, 7) is 0. The van der Waals surface area contributed by atoms with E-state index in [4.69, 9.17) is 5.73 Å². The van der Waals surface area contributed by atoms with Gasteiger partial charge in [-0.1, -0.05) is 0 Å². The topological polar surface area (TPSA) is 40.9 Å². The summed E-state index contributed by atoms with van der Waals surface area (Å²) in [5.74, 6) is 0. The van der Waals surface area contributed by atoms with Crippen LogP contribution in [0.3, 0.4) is 0 Å². The van der Waals surface area contributed by atoms with Gasteiger partial charge in [-0.2, -0.15) is 0 Å². The summed E-state index contributed by atoms with van der Waals surface area (Å²) in [5.41, 5.74) is 8.24. The van der Waals surface area contributed by atoms with Crippen LogP contribution in [-0.4, -0.2) is 12.5 Å². The normalized spacial score (nSPS) is 9.55. The first-order chi connectivity index (χ1) is 5.27. The molecule has 3 heteroatoms. The van der Waals surface area contributed by atoms with E-state index in [2.05, 4.69) is 0 Å². The largest absolute Gasteiger partial charge is 0.300 e. The maximum Gasteiger partial charge on any atom is 0.233 e. The second kappa shape index (κ2) is 3.44. The Bertz CT molecular complexity index is 273. The van der Waals surface area contributed by atoms with E-state index in [1.165, 1.54) is 17.8 Å². The molecule has 2 radical (unpaired) electrons. The minimum Gasteiger partial charge on any atom is -0.300 e. The zero-order valence-corrected chi connectivity index (χ0v) is 6.87. The first-order valence-electron chi connectivity index (χ1n) is 3.05. The zero-order valence-electron chi connectivity index (χ0n) is 6.05. The quantitative estimate of drug-likeness (QED) is 0.627. The van der Waals surface area contributed by atoms with E-state index in [0.717, 1.165) is 4.90 Å². The average Bonchev–Trinajstić information content (AvgIpc) is 2.04. The van der Waals surface area contributed by atoms with Crippen molar-refractivity contribution in [2.45, 2.75) is 4.90 Å². The highest BCUT2D eigenvalue weighted by atomic mass is 32.2. The summed E-state index contributed by atoms with van der Waals surface area (Å²) >= 11 is 1.50. The first kappa shape index (κ1) is 8.14. The number of carbonyl (C=O) groups excluding carboxylic acids is 1. The molecule has 0 saturated carbocycles. The Morgan fingerprint density at radius 1 is 1.55 bits per heavy atom. The predicted molar refractivity (Wildman–Crippen MR) is 45.8 cm³/mol. The monoisotopic (exact) mass is 165 g/mol. The van der Waals surface area contributed by atoms with Gasteiger partial charge in [-0.05, 0) is 24.5 Å². The van der Waals surface area contributed by atoms with Gasteiger partial charge in [-0.25, -0.2) is 0 Å². The molecule has 0 spiro atoms. The Morgan fingerprint density at radius 2 is 2.27 bits per heavy atom. The van der Waals surface area contributed by atoms with Crippen LogP contribution in [0.25, 0.3) is 0 Å². The molecule has 0 aliphatic heterocycles. The second-order valence-corrected chi connectivity index (χ2v) is 2.87. The molecular formula is C8H7NOS. The maximum atomic E-state index is 10.1. The summed E-state index contributed by atoms with van der Waals surface area (Å²) < 4.78 is 0. The molecule has 0 saturated heterocycles. The standard InChI is InChI=1S/C8H7NOS/c1-11-8-3-2-6(5-10)4-7(8)9/h2-4,9H,1H3. The molecular weight excluding hydrogens is 158 g/mol. The van der Waals surface area contributed by atoms with Gasteiger partial charge in [0.25, 0.3) is 0 Å². The van der Waals surface area contributed by atoms with Gasteiger partial charge in [0, 0.05) is 10.5 Å². The maximum absolute atomic E-state index is 10.1. The minimum atomic E-state index is 0.387. The van der Waals surface area contributed by atoms with Crippen molar-refractivity contribution in [1.29, 1.82) is 0 Å². The molecule has 0 fully saturated rings. The Kier molecular flexibility index (Phi) is 2.54. The van der Waals surface area contributed by atoms with Crippen LogP contribution in [0, 0.1) is 0 Å². The lowest BCUT2D eigenvalue weighted by molar-refractivity contribution is 0.562. The van der Waals surface area contributed by atoms with Gasteiger partial charge in [0.05, 0.1) is 5.69 Å². The van der Waals surface area contributed by atoms with Crippen LogP contribution in [0.4, 0.5) is 5.69 Å². The van der Waals surface area contributed by atoms with Crippen LogP contribution in [0.1, 0.15) is 5.56 Å². The summed E-state index contributed by atoms with van der Waals surface area (Å²) in [6.07, 6.45) is 3.64. The van der Waals surface area contributed by atoms with Crippen molar-refractivity contribution in [3.63, 3.8) is 0 Å². The Labute approximate surface area is 69.8 Å². The molecule has 1 rings (SSSR count). The van der Waals surface area contributed by atoms with Gasteiger partial charge < -0.3 is 0 Å². The molecule has 11 heavy (non-hydrogen) atoms. The lowest BCUT2D eigenvalue weighted by Crippen LogP contribution is -1.82. The van der Waals surface area contributed by atoms with E-state index in [1.54, 1.807) is 18.4 Å². The Balaban J connectivity index is 3.09. The summed E-state index contributed by atoms with van der Waals surface area (Å²) in [7, 11) is 0. The smallest absolute Gasteiger partial charge is 0.233 e. The highest BCUT2D eigenvalue weighted by molar-refractivity contribution is 7.98. The van der Waals surface area contributed by atoms with E-state index in [1.807, 2.05) is 6.26 Å². The van der Waals surface area contributed by atoms with Crippen molar-refractivity contribution in [3.8, 4) is 0 Å². The molecule has 0 heterocycles. The van der Waals surface area contributed by atoms with Crippen molar-refractivity contribution in [3.05, 3.63) is 23.8 Å². The Morgan fingerprint density at radius 3 is 2.73 bits per heavy atom. The van der Waals surface area contributed by atoms with Gasteiger partial charge in [-0.3, -0.25) is 10.5 Å². The van der Waals surface area contributed by atoms with Crippen LogP contribution in [0.15, 0.2) is 23.1 Å². The fourth-order valence-electron chi connectivity index (χ4n) is 0.771. The Hall–Kier alpha value is -0.960. The van der Waals surface area contributed by atoms with Crippen LogP contribution in [-0.2, 0) is 4.79 Å². The van der Waals surface area contributed by atoms with Crippen molar-refractivity contribution in [2.75, 3.05) is 6.26 Å². The average molecular weight is 165 g/mol. The summed E-state index contributed by atoms with van der Waals surface area (Å²) in [5, 5.41) is 0. The fraction of sp³-hybridized carbons (Fsp3) is 0.125. The molecule has 1 aromatic carbocycles. The van der Waals surface area contributed by atoms with Gasteiger partial charge in [0.1, 0.15) is 0 Å². The number of thioether (sulfide) groups is 1. The fourth-order valence-corrected chi connectivity index (χ4v) is 1.25. The highest BCUT2D eigenvalue weighted by Gasteiger charge is 1.98. The SMILES string of the molecule is CSc1ccc([C]=O)cc1[NH]. The summed E-state index contributed by atoms with van der Waals surface area (Å²) in [4.78, 5) is 11.0. The molecule has 0 aliphatic rings. The van der Waals surface area contributed by atoms with Crippen LogP contribution in [0.5, 0.6) is 0 Å². The first-order valence-corrected chi connectivity index (χ1v) is 4.28. The molecule has 0 bridgehead atoms. The molecule has 0 unspecified atom stereocenters. The number of nitrogens with one attached hydrogen (secondary N) is 1. The third-order valence-electron chi connectivity index (χ3n) is 1.32. The van der Waals surface area contributed by atoms with Gasteiger partial charge in [0.15, 0.2) is 0 Å². The lowest BCUT2D eigenvalue weighted by atomic mass is 10.2. The molecule has 0 atom stereocenters. The van der Waals surface area contributed by atoms with Crippen LogP contribution < -0.4 is 5.73 Å². The number of hydrogen-bond donors (Lipinski definition) is 0. The van der Waals surface area contributed by atoms with E-state index in [-0.39, 0.29) is 0 Å². The van der Waals surface area contributed by atoms with Crippen molar-refractivity contribution in [2.24, 2.45) is 0 Å². The number of hydrogen-bond acceptors (Lipinski definition) is 2. The van der Waals surface area contributed by atoms with E-state index >= 15 is 0 Å². The zero-order chi connectivity index (χ0) is 8.27. The van der Waals surface area contributed by atoms with Crippen molar-refractivity contribution in [1.82, 2.24) is 5.73 Å². The molecule has 0 amide bonds. The third-order valence-corrected chi connectivity index (χ3v) is 2.11. The van der Waals surface area contributed by atoms with Gasteiger partial charge in [-0.15, -0.1) is 11.8 Å². The predicted octanol–water partition coefficient (Wildman–Crippen LogP) is 1.78. The summed E-state index contributed by atoms with van der Waals surface area (Å²) in [6, 6.07) is 4.93. The molecule has 56 valence electrons. The number of rotatable bonds is 2. The highest BCUT2D eigenvalue weighted by Crippen LogP contribution is 2.23. The van der Waals surface area contributed by atoms with E-state index in [0.29, 0.717) is 11.3 Å². The molecule has 1 aromatic rings. The molecule has 0 aliphatic carbocycles. The molecule has 0 aromatic heterocycles. The van der Waals surface area contributed by atoms with Crippen LogP contribution >= 0.6 is 11.8 Å². The second-order valence-electron chi connectivity index (χ2n) is 2.02. The lowest BCUT2D eigenvalue weighted by Gasteiger charge is -1.99. The van der Waals surface area contributed by atoms with E-state index < -0.39 is 0 Å². The van der Waals surface area contributed by atoms with Crippen molar-refractivity contribution < 1.29 is 4.79 Å². The van der Waals surface area contributed by atoms with Crippen LogP contribution in [0.2, 0.25) is 0 Å². The van der Waals surface area contributed by atoms with Gasteiger partial charge >= 0.3 is 0 Å². The van der Waals surface area contributed by atoms with E-state index in [9.17, 15) is 4.79 Å². The number of benzene rings is 1. The third kappa shape index (κ3) is 1.74. The molecule has 2 nitrogen and oxygen atoms in total.